The maximum absolute atomic E-state index is 12.7. The van der Waals surface area contributed by atoms with Gasteiger partial charge < -0.3 is 14.2 Å². The monoisotopic (exact) mass is 461 g/mol. The van der Waals surface area contributed by atoms with E-state index in [9.17, 15) is 10.1 Å². The highest BCUT2D eigenvalue weighted by Gasteiger charge is 2.77. The lowest BCUT2D eigenvalue weighted by Gasteiger charge is -2.51. The van der Waals surface area contributed by atoms with Crippen LogP contribution < -0.4 is 0 Å². The summed E-state index contributed by atoms with van der Waals surface area (Å²) in [5.41, 5.74) is 0. The molecule has 7 saturated carbocycles. The summed E-state index contributed by atoms with van der Waals surface area (Å²) in [4.78, 5) is 12.7. The molecule has 180 valence electrons. The molecule has 0 aromatic heterocycles. The average molecular weight is 462 g/mol. The van der Waals surface area contributed by atoms with Crippen molar-refractivity contribution in [2.45, 2.75) is 57.3 Å². The van der Waals surface area contributed by atoms with Crippen LogP contribution in [0.3, 0.4) is 0 Å². The Kier molecular flexibility index (Phi) is 3.81. The highest BCUT2D eigenvalue weighted by Crippen LogP contribution is 2.81. The normalized spacial score (nSPS) is 62.5. The lowest BCUT2D eigenvalue weighted by Crippen LogP contribution is -2.50. The molecule has 17 atom stereocenters. The van der Waals surface area contributed by atoms with Gasteiger partial charge in [0.15, 0.2) is 0 Å². The van der Waals surface area contributed by atoms with Gasteiger partial charge in [-0.2, -0.15) is 5.26 Å². The molecule has 34 heavy (non-hydrogen) atoms. The maximum atomic E-state index is 12.7. The molecule has 0 spiro atoms. The predicted octanol–water partition coefficient (Wildman–Crippen LogP) is 5.03. The van der Waals surface area contributed by atoms with Crippen LogP contribution in [-0.2, 0) is 14.2 Å². The highest BCUT2D eigenvalue weighted by atomic mass is 16.8. The van der Waals surface area contributed by atoms with E-state index in [0.717, 1.165) is 84.9 Å². The summed E-state index contributed by atoms with van der Waals surface area (Å²) in [6, 6.07) is 2.61. The molecule has 5 nitrogen and oxygen atoms in total. The van der Waals surface area contributed by atoms with Crippen LogP contribution in [0.2, 0.25) is 0 Å². The summed E-state index contributed by atoms with van der Waals surface area (Å²) in [6.45, 7) is 0.643. The van der Waals surface area contributed by atoms with Crippen LogP contribution >= 0.6 is 0 Å². The van der Waals surface area contributed by atoms with E-state index in [1.165, 1.54) is 19.3 Å². The van der Waals surface area contributed by atoms with E-state index in [0.29, 0.717) is 30.3 Å². The first-order chi connectivity index (χ1) is 16.7. The second-order valence-electron chi connectivity index (χ2n) is 13.5. The zero-order valence-electron chi connectivity index (χ0n) is 19.7. The van der Waals surface area contributed by atoms with Crippen molar-refractivity contribution in [2.75, 3.05) is 6.61 Å². The molecule has 0 aromatic carbocycles. The fourth-order valence-electron chi connectivity index (χ4n) is 12.8. The van der Waals surface area contributed by atoms with E-state index in [2.05, 4.69) is 18.2 Å². The molecule has 8 aliphatic carbocycles. The second-order valence-corrected chi connectivity index (χ2v) is 13.5. The number of fused-ring (bicyclic) bond motifs is 23. The van der Waals surface area contributed by atoms with Crippen LogP contribution in [0, 0.1) is 100 Å². The van der Waals surface area contributed by atoms with E-state index in [1.54, 1.807) is 0 Å². The van der Waals surface area contributed by atoms with Crippen LogP contribution in [0.1, 0.15) is 44.9 Å². The zero-order chi connectivity index (χ0) is 22.3. The van der Waals surface area contributed by atoms with Crippen molar-refractivity contribution in [3.05, 3.63) is 12.2 Å². The number of nitrogens with zero attached hydrogens (tertiary/aromatic N) is 1. The van der Waals surface area contributed by atoms with Crippen LogP contribution in [0.15, 0.2) is 12.2 Å². The van der Waals surface area contributed by atoms with Crippen molar-refractivity contribution >= 4 is 6.16 Å². The van der Waals surface area contributed by atoms with Gasteiger partial charge in [-0.25, -0.2) is 4.79 Å². The van der Waals surface area contributed by atoms with Crippen LogP contribution in [0.5, 0.6) is 0 Å². The Labute approximate surface area is 201 Å². The van der Waals surface area contributed by atoms with Crippen molar-refractivity contribution < 1.29 is 19.0 Å². The molecule has 1 aliphatic heterocycles. The largest absolute Gasteiger partial charge is 0.510 e. The van der Waals surface area contributed by atoms with Gasteiger partial charge in [0.1, 0.15) is 6.10 Å². The van der Waals surface area contributed by atoms with Crippen molar-refractivity contribution in [3.8, 4) is 6.07 Å². The molecule has 0 amide bonds. The summed E-state index contributed by atoms with van der Waals surface area (Å²) in [5.74, 6) is 11.2. The third-order valence-electron chi connectivity index (χ3n) is 13.0. The molecule has 17 unspecified atom stereocenters. The summed E-state index contributed by atoms with van der Waals surface area (Å²) in [7, 11) is 0. The summed E-state index contributed by atoms with van der Waals surface area (Å²) >= 11 is 0. The van der Waals surface area contributed by atoms with Crippen LogP contribution in [0.25, 0.3) is 0 Å². The minimum atomic E-state index is -0.612. The lowest BCUT2D eigenvalue weighted by molar-refractivity contribution is -0.153. The van der Waals surface area contributed by atoms with E-state index in [1.807, 2.05) is 0 Å². The van der Waals surface area contributed by atoms with Crippen molar-refractivity contribution in [1.82, 2.24) is 0 Å². The molecule has 0 radical (unpaired) electrons. The lowest BCUT2D eigenvalue weighted by atomic mass is 9.54. The number of carbonyl (C=O) groups is 1. The first-order valence-electron chi connectivity index (χ1n) is 14.3. The quantitative estimate of drug-likeness (QED) is 0.328. The molecule has 9 aliphatic rings. The third kappa shape index (κ3) is 2.21. The molecule has 8 fully saturated rings. The predicted molar refractivity (Wildman–Crippen MR) is 121 cm³/mol. The van der Waals surface area contributed by atoms with E-state index < -0.39 is 12.4 Å². The molecule has 0 N–H and O–H groups in total. The van der Waals surface area contributed by atoms with Gasteiger partial charge in [-0.15, -0.1) is 0 Å². The SMILES string of the molecule is N#CC1C2CC(C1OC(=O)OC1CCCCO1)C1C3CC(C21)C1C2CC(C4C5C=CC(C5)C24)C31. The Morgan fingerprint density at radius 2 is 1.38 bits per heavy atom. The number of nitriles is 1. The topological polar surface area (TPSA) is 68.5 Å². The first-order valence-corrected chi connectivity index (χ1v) is 14.3. The Hall–Kier alpha value is -1.54. The number of allylic oxidation sites excluding steroid dienone is 2. The van der Waals surface area contributed by atoms with Crippen LogP contribution in [0.4, 0.5) is 4.79 Å². The minimum Gasteiger partial charge on any atom is -0.429 e. The summed E-state index contributed by atoms with van der Waals surface area (Å²) in [5, 5.41) is 10.2. The molecule has 1 saturated heterocycles. The van der Waals surface area contributed by atoms with Gasteiger partial charge in [-0.1, -0.05) is 12.2 Å². The van der Waals surface area contributed by atoms with Gasteiger partial charge in [0, 0.05) is 12.3 Å². The van der Waals surface area contributed by atoms with Crippen molar-refractivity contribution in [2.24, 2.45) is 88.8 Å². The fourth-order valence-corrected chi connectivity index (χ4v) is 12.8. The highest BCUT2D eigenvalue weighted by molar-refractivity contribution is 5.60. The van der Waals surface area contributed by atoms with Gasteiger partial charge in [0.25, 0.3) is 0 Å². The summed E-state index contributed by atoms with van der Waals surface area (Å²) in [6.07, 6.45) is 12.0. The van der Waals surface area contributed by atoms with E-state index in [-0.39, 0.29) is 12.0 Å². The fraction of sp³-hybridized carbons (Fsp3) is 0.862. The van der Waals surface area contributed by atoms with Crippen molar-refractivity contribution in [1.29, 1.82) is 5.26 Å². The molecular weight excluding hydrogens is 426 g/mol. The zero-order valence-corrected chi connectivity index (χ0v) is 19.7. The van der Waals surface area contributed by atoms with E-state index in [4.69, 9.17) is 14.2 Å². The molecular formula is C29H35NO4. The maximum Gasteiger partial charge on any atom is 0.510 e. The second kappa shape index (κ2) is 6.61. The average Bonchev–Trinajstić information content (AvgIpc) is 3.67. The van der Waals surface area contributed by atoms with Gasteiger partial charge in [-0.3, -0.25) is 0 Å². The Bertz CT molecular complexity index is 997. The summed E-state index contributed by atoms with van der Waals surface area (Å²) < 4.78 is 17.1. The smallest absolute Gasteiger partial charge is 0.429 e. The van der Waals surface area contributed by atoms with Crippen molar-refractivity contribution in [3.63, 3.8) is 0 Å². The number of rotatable bonds is 2. The number of hydrogen-bond donors (Lipinski definition) is 0. The Morgan fingerprint density at radius 3 is 2.03 bits per heavy atom. The standard InChI is InChI=1S/C29H35NO4/c30-11-20-14-8-19(28(20)34-29(31)33-21-3-1-2-6-32-21)27-18-10-17(24(14)27)25-15-9-16(26(18)25)23-13-5-4-12(7-13)22(15)23/h4-5,12-28H,1-3,6-10H2. The van der Waals surface area contributed by atoms with Gasteiger partial charge in [-0.05, 0) is 115 Å². The number of carbonyl (C=O) groups excluding carboxylic acids is 1. The van der Waals surface area contributed by atoms with Gasteiger partial charge in [0.2, 0.25) is 6.29 Å². The number of hydrogen-bond acceptors (Lipinski definition) is 5. The Morgan fingerprint density at radius 1 is 0.765 bits per heavy atom. The van der Waals surface area contributed by atoms with E-state index >= 15 is 0 Å². The Balaban J connectivity index is 0.979. The minimum absolute atomic E-state index is 0.152. The molecule has 9 rings (SSSR count). The number of ether oxygens (including phenoxy) is 3. The van der Waals surface area contributed by atoms with Gasteiger partial charge in [0.05, 0.1) is 18.6 Å². The van der Waals surface area contributed by atoms with Gasteiger partial charge >= 0.3 is 6.16 Å². The van der Waals surface area contributed by atoms with Crippen LogP contribution in [-0.4, -0.2) is 25.2 Å². The molecule has 8 bridgehead atoms. The third-order valence-corrected chi connectivity index (χ3v) is 13.0. The molecule has 0 aromatic rings. The first kappa shape index (κ1) is 19.6. The molecule has 1 heterocycles. The molecule has 5 heteroatoms.